The summed E-state index contributed by atoms with van der Waals surface area (Å²) in [6, 6.07) is 0. The summed E-state index contributed by atoms with van der Waals surface area (Å²) >= 11 is 6.06. The van der Waals surface area contributed by atoms with E-state index in [0.29, 0.717) is 11.4 Å². The Bertz CT molecular complexity index is 358. The highest BCUT2D eigenvalue weighted by molar-refractivity contribution is 6.32. The highest BCUT2D eigenvalue weighted by Gasteiger charge is 2.13. The van der Waals surface area contributed by atoms with E-state index in [9.17, 15) is 0 Å². The van der Waals surface area contributed by atoms with Gasteiger partial charge in [-0.25, -0.2) is 0 Å². The van der Waals surface area contributed by atoms with E-state index < -0.39 is 0 Å². The molecule has 1 aromatic heterocycles. The molecular formula is C8H13ClN4O. The molecule has 6 heteroatoms. The van der Waals surface area contributed by atoms with Crippen LogP contribution in [0.25, 0.3) is 0 Å². The van der Waals surface area contributed by atoms with Gasteiger partial charge in [0.25, 0.3) is 0 Å². The predicted molar refractivity (Wildman–Crippen MR) is 54.7 cm³/mol. The summed E-state index contributed by atoms with van der Waals surface area (Å²) in [5.41, 5.74) is 6.99. The van der Waals surface area contributed by atoms with Gasteiger partial charge in [0.1, 0.15) is 5.84 Å². The van der Waals surface area contributed by atoms with Crippen LogP contribution in [0.3, 0.4) is 0 Å². The van der Waals surface area contributed by atoms with Crippen LogP contribution in [-0.4, -0.2) is 20.8 Å². The third kappa shape index (κ3) is 1.98. The van der Waals surface area contributed by atoms with E-state index in [1.54, 1.807) is 11.7 Å². The Morgan fingerprint density at radius 2 is 2.36 bits per heavy atom. The number of hydrogen-bond donors (Lipinski definition) is 2. The molecule has 0 aliphatic carbocycles. The molecule has 0 bridgehead atoms. The highest BCUT2D eigenvalue weighted by atomic mass is 35.5. The van der Waals surface area contributed by atoms with E-state index in [-0.39, 0.29) is 5.84 Å². The maximum Gasteiger partial charge on any atom is 0.145 e. The Hall–Kier alpha value is -1.23. The molecule has 1 aromatic rings. The van der Waals surface area contributed by atoms with Gasteiger partial charge in [-0.1, -0.05) is 23.7 Å². The SMILES string of the molecule is CCc1nn(C)c(CC(N)=NO)c1Cl. The average molecular weight is 217 g/mol. The molecule has 1 rings (SSSR count). The number of aryl methyl sites for hydroxylation is 2. The number of oxime groups is 1. The molecule has 0 amide bonds. The van der Waals surface area contributed by atoms with Gasteiger partial charge < -0.3 is 10.9 Å². The quantitative estimate of drug-likeness (QED) is 0.342. The van der Waals surface area contributed by atoms with Crippen LogP contribution in [0.2, 0.25) is 5.02 Å². The lowest BCUT2D eigenvalue weighted by atomic mass is 10.2. The predicted octanol–water partition coefficient (Wildman–Crippen LogP) is 0.925. The number of amidine groups is 1. The van der Waals surface area contributed by atoms with Crippen molar-refractivity contribution < 1.29 is 5.21 Å². The van der Waals surface area contributed by atoms with Crippen LogP contribution in [0.15, 0.2) is 5.16 Å². The monoisotopic (exact) mass is 216 g/mol. The molecule has 0 radical (unpaired) electrons. The number of aromatic nitrogens is 2. The van der Waals surface area contributed by atoms with Crippen LogP contribution in [-0.2, 0) is 19.9 Å². The fourth-order valence-electron chi connectivity index (χ4n) is 1.22. The molecule has 5 nitrogen and oxygen atoms in total. The molecule has 0 saturated carbocycles. The number of nitrogens with two attached hydrogens (primary N) is 1. The van der Waals surface area contributed by atoms with Crippen molar-refractivity contribution in [2.45, 2.75) is 19.8 Å². The molecule has 0 aliphatic rings. The van der Waals surface area contributed by atoms with Crippen molar-refractivity contribution >= 4 is 17.4 Å². The van der Waals surface area contributed by atoms with Crippen LogP contribution in [0.1, 0.15) is 18.3 Å². The smallest absolute Gasteiger partial charge is 0.145 e. The van der Waals surface area contributed by atoms with Crippen molar-refractivity contribution in [3.63, 3.8) is 0 Å². The van der Waals surface area contributed by atoms with Crippen LogP contribution < -0.4 is 5.73 Å². The summed E-state index contributed by atoms with van der Waals surface area (Å²) in [5, 5.41) is 16.1. The first kappa shape index (κ1) is 10.8. The first-order valence-corrected chi connectivity index (χ1v) is 4.64. The van der Waals surface area contributed by atoms with Crippen LogP contribution in [0.4, 0.5) is 0 Å². The standard InChI is InChI=1S/C8H13ClN4O/c1-3-5-8(9)6(13(2)11-5)4-7(10)12-14/h14H,3-4H2,1-2H3,(H2,10,12). The first-order valence-electron chi connectivity index (χ1n) is 4.26. The maximum absolute atomic E-state index is 8.43. The van der Waals surface area contributed by atoms with Crippen molar-refractivity contribution in [3.05, 3.63) is 16.4 Å². The van der Waals surface area contributed by atoms with Crippen molar-refractivity contribution in [1.29, 1.82) is 0 Å². The summed E-state index contributed by atoms with van der Waals surface area (Å²) in [5.74, 6) is 0.123. The fraction of sp³-hybridized carbons (Fsp3) is 0.500. The molecule has 0 atom stereocenters. The zero-order valence-corrected chi connectivity index (χ0v) is 8.91. The van der Waals surface area contributed by atoms with Gasteiger partial charge in [0.2, 0.25) is 0 Å². The topological polar surface area (TPSA) is 76.4 Å². The second-order valence-electron chi connectivity index (χ2n) is 2.95. The third-order valence-corrected chi connectivity index (χ3v) is 2.42. The summed E-state index contributed by atoms with van der Waals surface area (Å²) in [6.45, 7) is 1.97. The Morgan fingerprint density at radius 3 is 2.79 bits per heavy atom. The second kappa shape index (κ2) is 4.32. The number of hydrogen-bond acceptors (Lipinski definition) is 3. The Balaban J connectivity index is 3.02. The van der Waals surface area contributed by atoms with E-state index in [1.165, 1.54) is 0 Å². The molecular weight excluding hydrogens is 204 g/mol. The van der Waals surface area contributed by atoms with Gasteiger partial charge in [0, 0.05) is 7.05 Å². The van der Waals surface area contributed by atoms with Gasteiger partial charge in [0.15, 0.2) is 0 Å². The Morgan fingerprint density at radius 1 is 1.71 bits per heavy atom. The van der Waals surface area contributed by atoms with E-state index in [2.05, 4.69) is 10.3 Å². The Kier molecular flexibility index (Phi) is 3.35. The number of halogens is 1. The normalized spacial score (nSPS) is 12.1. The molecule has 78 valence electrons. The molecule has 1 heterocycles. The molecule has 0 fully saturated rings. The highest BCUT2D eigenvalue weighted by Crippen LogP contribution is 2.20. The lowest BCUT2D eigenvalue weighted by molar-refractivity contribution is 0.317. The van der Waals surface area contributed by atoms with Gasteiger partial charge >= 0.3 is 0 Å². The second-order valence-corrected chi connectivity index (χ2v) is 3.33. The van der Waals surface area contributed by atoms with Crippen LogP contribution in [0.5, 0.6) is 0 Å². The van der Waals surface area contributed by atoms with E-state index >= 15 is 0 Å². The zero-order chi connectivity index (χ0) is 10.7. The lowest BCUT2D eigenvalue weighted by Crippen LogP contribution is -2.17. The first-order chi connectivity index (χ1) is 6.60. The average Bonchev–Trinajstić information content (AvgIpc) is 2.44. The van der Waals surface area contributed by atoms with Gasteiger partial charge in [-0.2, -0.15) is 5.10 Å². The van der Waals surface area contributed by atoms with Crippen LogP contribution in [0, 0.1) is 0 Å². The largest absolute Gasteiger partial charge is 0.409 e. The van der Waals surface area contributed by atoms with Gasteiger partial charge in [-0.15, -0.1) is 0 Å². The molecule has 0 aliphatic heterocycles. The number of rotatable bonds is 3. The number of nitrogens with zero attached hydrogens (tertiary/aromatic N) is 3. The van der Waals surface area contributed by atoms with E-state index in [0.717, 1.165) is 17.8 Å². The van der Waals surface area contributed by atoms with Crippen molar-refractivity contribution in [1.82, 2.24) is 9.78 Å². The zero-order valence-electron chi connectivity index (χ0n) is 8.16. The molecule has 14 heavy (non-hydrogen) atoms. The molecule has 0 aromatic carbocycles. The molecule has 0 saturated heterocycles. The van der Waals surface area contributed by atoms with E-state index in [1.807, 2.05) is 6.92 Å². The summed E-state index contributed by atoms with van der Waals surface area (Å²) in [7, 11) is 1.78. The third-order valence-electron chi connectivity index (χ3n) is 1.98. The van der Waals surface area contributed by atoms with Gasteiger partial charge in [0.05, 0.1) is 22.8 Å². The van der Waals surface area contributed by atoms with Gasteiger partial charge in [-0.3, -0.25) is 4.68 Å². The summed E-state index contributed by atoms with van der Waals surface area (Å²) in [4.78, 5) is 0. The maximum atomic E-state index is 8.43. The van der Waals surface area contributed by atoms with Crippen LogP contribution >= 0.6 is 11.6 Å². The van der Waals surface area contributed by atoms with Crippen molar-refractivity contribution in [3.8, 4) is 0 Å². The van der Waals surface area contributed by atoms with Crippen molar-refractivity contribution in [2.24, 2.45) is 17.9 Å². The minimum Gasteiger partial charge on any atom is -0.409 e. The summed E-state index contributed by atoms with van der Waals surface area (Å²) in [6.07, 6.45) is 1.07. The molecule has 3 N–H and O–H groups in total. The minimum absolute atomic E-state index is 0.123. The minimum atomic E-state index is 0.123. The lowest BCUT2D eigenvalue weighted by Gasteiger charge is -2.00. The summed E-state index contributed by atoms with van der Waals surface area (Å²) < 4.78 is 1.65. The van der Waals surface area contributed by atoms with E-state index in [4.69, 9.17) is 22.5 Å². The Labute approximate surface area is 87.2 Å². The van der Waals surface area contributed by atoms with Gasteiger partial charge in [-0.05, 0) is 6.42 Å². The van der Waals surface area contributed by atoms with Crippen molar-refractivity contribution in [2.75, 3.05) is 0 Å². The fourth-order valence-corrected chi connectivity index (χ4v) is 1.58. The molecule has 0 unspecified atom stereocenters. The molecule has 0 spiro atoms.